The molecule has 114 valence electrons. The second-order valence-electron chi connectivity index (χ2n) is 7.07. The highest BCUT2D eigenvalue weighted by Crippen LogP contribution is 2.33. The van der Waals surface area contributed by atoms with E-state index in [4.69, 9.17) is 0 Å². The highest BCUT2D eigenvalue weighted by Gasteiger charge is 2.24. The Hall–Kier alpha value is -1.41. The van der Waals surface area contributed by atoms with Crippen molar-refractivity contribution >= 4 is 10.9 Å². The summed E-state index contributed by atoms with van der Waals surface area (Å²) in [5.41, 5.74) is 2.78. The molecule has 2 aromatic rings. The summed E-state index contributed by atoms with van der Waals surface area (Å²) < 4.78 is 0. The maximum atomic E-state index is 4.41. The van der Waals surface area contributed by atoms with Crippen LogP contribution in [0.25, 0.3) is 10.9 Å². The molecule has 0 amide bonds. The normalized spacial score (nSPS) is 15.1. The van der Waals surface area contributed by atoms with E-state index in [1.165, 1.54) is 10.9 Å². The zero-order valence-electron chi connectivity index (χ0n) is 14.0. The van der Waals surface area contributed by atoms with Crippen molar-refractivity contribution < 1.29 is 0 Å². The van der Waals surface area contributed by atoms with Crippen LogP contribution in [0.15, 0.2) is 36.5 Å². The molecule has 0 spiro atoms. The molecule has 0 saturated carbocycles. The minimum Gasteiger partial charge on any atom is -0.310 e. The molecule has 1 N–H and O–H groups in total. The Kier molecular flexibility index (Phi) is 5.00. The van der Waals surface area contributed by atoms with Crippen molar-refractivity contribution in [2.75, 3.05) is 6.54 Å². The molecule has 2 unspecified atom stereocenters. The van der Waals surface area contributed by atoms with Crippen molar-refractivity contribution in [3.63, 3.8) is 0 Å². The molecule has 1 heterocycles. The van der Waals surface area contributed by atoms with Crippen molar-refractivity contribution in [3.05, 3.63) is 42.1 Å². The number of aromatic nitrogens is 1. The predicted octanol–water partition coefficient (Wildman–Crippen LogP) is 4.96. The van der Waals surface area contributed by atoms with E-state index in [0.717, 1.165) is 18.5 Å². The average molecular weight is 284 g/mol. The Morgan fingerprint density at radius 1 is 1.19 bits per heavy atom. The monoisotopic (exact) mass is 284 g/mol. The van der Waals surface area contributed by atoms with E-state index in [9.17, 15) is 0 Å². The Balaban J connectivity index is 2.27. The molecule has 2 nitrogen and oxygen atoms in total. The molecule has 0 aliphatic carbocycles. The lowest BCUT2D eigenvalue weighted by Gasteiger charge is -2.31. The number of fused-ring (bicyclic) bond motifs is 1. The summed E-state index contributed by atoms with van der Waals surface area (Å²) in [7, 11) is 0. The highest BCUT2D eigenvalue weighted by atomic mass is 14.9. The second-order valence-corrected chi connectivity index (χ2v) is 7.07. The number of nitrogens with zero attached hydrogens (tertiary/aromatic N) is 1. The first-order valence-corrected chi connectivity index (χ1v) is 8.00. The van der Waals surface area contributed by atoms with E-state index < -0.39 is 0 Å². The summed E-state index contributed by atoms with van der Waals surface area (Å²) in [6.45, 7) is 12.5. The molecule has 2 atom stereocenters. The molecular weight excluding hydrogens is 256 g/mol. The van der Waals surface area contributed by atoms with Gasteiger partial charge in [-0.15, -0.1) is 0 Å². The lowest BCUT2D eigenvalue weighted by Crippen LogP contribution is -2.27. The van der Waals surface area contributed by atoms with Crippen molar-refractivity contribution in [3.8, 4) is 0 Å². The number of benzene rings is 1. The van der Waals surface area contributed by atoms with Crippen molar-refractivity contribution in [2.24, 2.45) is 11.3 Å². The van der Waals surface area contributed by atoms with E-state index in [0.29, 0.717) is 17.4 Å². The van der Waals surface area contributed by atoms with Gasteiger partial charge in [0.2, 0.25) is 0 Å². The van der Waals surface area contributed by atoms with Crippen LogP contribution < -0.4 is 5.32 Å². The first-order chi connectivity index (χ1) is 9.91. The third-order valence-electron chi connectivity index (χ3n) is 4.55. The van der Waals surface area contributed by atoms with Gasteiger partial charge in [-0.2, -0.15) is 0 Å². The summed E-state index contributed by atoms with van der Waals surface area (Å²) >= 11 is 0. The number of hydrogen-bond acceptors (Lipinski definition) is 2. The van der Waals surface area contributed by atoms with Crippen LogP contribution in [0.2, 0.25) is 0 Å². The van der Waals surface area contributed by atoms with E-state index in [-0.39, 0.29) is 0 Å². The van der Waals surface area contributed by atoms with Gasteiger partial charge in [-0.25, -0.2) is 0 Å². The summed E-state index contributed by atoms with van der Waals surface area (Å²) in [5.74, 6) is 0.658. The number of rotatable bonds is 5. The van der Waals surface area contributed by atoms with Crippen LogP contribution in [-0.4, -0.2) is 11.5 Å². The fourth-order valence-electron chi connectivity index (χ4n) is 2.60. The van der Waals surface area contributed by atoms with Gasteiger partial charge >= 0.3 is 0 Å². The number of hydrogen-bond donors (Lipinski definition) is 1. The van der Waals surface area contributed by atoms with Crippen LogP contribution in [-0.2, 0) is 0 Å². The minimum atomic E-state index is 0.339. The summed E-state index contributed by atoms with van der Waals surface area (Å²) in [6.07, 6.45) is 3.01. The maximum absolute atomic E-state index is 4.41. The first-order valence-electron chi connectivity index (χ1n) is 8.00. The molecule has 2 heteroatoms. The Bertz CT molecular complexity index is 583. The van der Waals surface area contributed by atoms with Gasteiger partial charge in [0.05, 0.1) is 5.52 Å². The van der Waals surface area contributed by atoms with E-state index in [2.05, 4.69) is 69.2 Å². The molecule has 1 aromatic heterocycles. The topological polar surface area (TPSA) is 24.9 Å². The second kappa shape index (κ2) is 6.57. The average Bonchev–Trinajstić information content (AvgIpc) is 2.45. The molecular formula is C19H28N2. The van der Waals surface area contributed by atoms with Gasteiger partial charge in [0.15, 0.2) is 0 Å². The number of nitrogens with one attached hydrogen (secondary N) is 1. The molecule has 1 aromatic carbocycles. The lowest BCUT2D eigenvalue weighted by atomic mass is 9.77. The number of pyridine rings is 1. The third kappa shape index (κ3) is 4.04. The highest BCUT2D eigenvalue weighted by molar-refractivity contribution is 5.79. The summed E-state index contributed by atoms with van der Waals surface area (Å²) in [6, 6.07) is 11.2. The molecule has 21 heavy (non-hydrogen) atoms. The zero-order chi connectivity index (χ0) is 15.5. The molecule has 2 rings (SSSR count). The molecule has 0 bridgehead atoms. The summed E-state index contributed by atoms with van der Waals surface area (Å²) in [5, 5.41) is 4.87. The van der Waals surface area contributed by atoms with Gasteiger partial charge < -0.3 is 5.32 Å². The van der Waals surface area contributed by atoms with Crippen molar-refractivity contribution in [1.29, 1.82) is 0 Å². The molecule has 0 saturated heterocycles. The van der Waals surface area contributed by atoms with Crippen molar-refractivity contribution in [2.45, 2.75) is 47.1 Å². The van der Waals surface area contributed by atoms with Crippen LogP contribution in [0.3, 0.4) is 0 Å². The maximum Gasteiger partial charge on any atom is 0.0702 e. The SMILES string of the molecule is CCNC(CC(C)C(C)(C)C)c1ccc2ncccc2c1. The van der Waals surface area contributed by atoms with E-state index in [1.54, 1.807) is 0 Å². The molecule has 0 aliphatic rings. The van der Waals surface area contributed by atoms with E-state index in [1.807, 2.05) is 12.3 Å². The van der Waals surface area contributed by atoms with Gasteiger partial charge in [-0.05, 0) is 48.1 Å². The molecule has 0 aliphatic heterocycles. The van der Waals surface area contributed by atoms with E-state index >= 15 is 0 Å². The van der Waals surface area contributed by atoms with Crippen LogP contribution in [0.5, 0.6) is 0 Å². The predicted molar refractivity (Wildman–Crippen MR) is 91.4 cm³/mol. The van der Waals surface area contributed by atoms with Crippen LogP contribution in [0.1, 0.15) is 52.6 Å². The largest absolute Gasteiger partial charge is 0.310 e. The first kappa shape index (κ1) is 16.0. The lowest BCUT2D eigenvalue weighted by molar-refractivity contribution is 0.224. The standard InChI is InChI=1S/C19H28N2/c1-6-20-18(12-14(2)19(3,4)5)16-9-10-17-15(13-16)8-7-11-21-17/h7-11,13-14,18,20H,6,12H2,1-5H3. The van der Waals surface area contributed by atoms with Gasteiger partial charge in [0, 0.05) is 17.6 Å². The summed E-state index contributed by atoms with van der Waals surface area (Å²) in [4.78, 5) is 4.41. The fraction of sp³-hybridized carbons (Fsp3) is 0.526. The van der Waals surface area contributed by atoms with Crippen LogP contribution in [0.4, 0.5) is 0 Å². The quantitative estimate of drug-likeness (QED) is 0.839. The minimum absolute atomic E-state index is 0.339. The zero-order valence-corrected chi connectivity index (χ0v) is 14.0. The van der Waals surface area contributed by atoms with Crippen LogP contribution >= 0.6 is 0 Å². The Morgan fingerprint density at radius 3 is 2.62 bits per heavy atom. The van der Waals surface area contributed by atoms with Gasteiger partial charge in [-0.3, -0.25) is 4.98 Å². The molecule has 0 radical (unpaired) electrons. The van der Waals surface area contributed by atoms with Crippen molar-refractivity contribution in [1.82, 2.24) is 10.3 Å². The molecule has 0 fully saturated rings. The van der Waals surface area contributed by atoms with Gasteiger partial charge in [0.1, 0.15) is 0 Å². The van der Waals surface area contributed by atoms with Gasteiger partial charge in [-0.1, -0.05) is 46.8 Å². The Morgan fingerprint density at radius 2 is 1.95 bits per heavy atom. The smallest absolute Gasteiger partial charge is 0.0702 e. The van der Waals surface area contributed by atoms with Gasteiger partial charge in [0.25, 0.3) is 0 Å². The Labute approximate surface area is 129 Å². The van der Waals surface area contributed by atoms with Crippen LogP contribution in [0, 0.1) is 11.3 Å². The third-order valence-corrected chi connectivity index (χ3v) is 4.55. The fourth-order valence-corrected chi connectivity index (χ4v) is 2.60.